The monoisotopic (exact) mass is 311 g/mol. The van der Waals surface area contributed by atoms with Gasteiger partial charge >= 0.3 is 0 Å². The molecule has 1 aromatic heterocycles. The zero-order valence-electron chi connectivity index (χ0n) is 9.79. The molecule has 2 nitrogen and oxygen atoms in total. The highest BCUT2D eigenvalue weighted by Crippen LogP contribution is 2.27. The lowest BCUT2D eigenvalue weighted by Crippen LogP contribution is -1.96. The molecule has 0 saturated heterocycles. The summed E-state index contributed by atoms with van der Waals surface area (Å²) in [6.45, 7) is 2.97. The first kappa shape index (κ1) is 12.5. The molecule has 0 bridgehead atoms. The number of thiophene rings is 1. The predicted octanol–water partition coefficient (Wildman–Crippen LogP) is 4.44. The third kappa shape index (κ3) is 3.23. The molecule has 0 aliphatic rings. The maximum absolute atomic E-state index is 5.12. The van der Waals surface area contributed by atoms with E-state index in [0.717, 1.165) is 18.0 Å². The molecule has 0 fully saturated rings. The van der Waals surface area contributed by atoms with Crippen molar-refractivity contribution in [2.75, 3.05) is 12.4 Å². The van der Waals surface area contributed by atoms with Crippen molar-refractivity contribution in [2.45, 2.75) is 13.5 Å². The topological polar surface area (TPSA) is 21.3 Å². The zero-order chi connectivity index (χ0) is 12.3. The van der Waals surface area contributed by atoms with E-state index in [0.29, 0.717) is 0 Å². The Balaban J connectivity index is 1.97. The Bertz CT molecular complexity index is 473. The molecular weight excluding hydrogens is 298 g/mol. The molecule has 0 radical (unpaired) electrons. The van der Waals surface area contributed by atoms with Crippen LogP contribution in [0.5, 0.6) is 5.75 Å². The van der Waals surface area contributed by atoms with Crippen molar-refractivity contribution in [2.24, 2.45) is 0 Å². The molecule has 0 aliphatic carbocycles. The van der Waals surface area contributed by atoms with Crippen molar-refractivity contribution in [3.63, 3.8) is 0 Å². The molecule has 0 aliphatic heterocycles. The Labute approximate surface area is 114 Å². The first-order valence-electron chi connectivity index (χ1n) is 5.32. The third-order valence-corrected chi connectivity index (χ3v) is 4.60. The molecule has 2 aromatic rings. The Hall–Kier alpha value is -1.00. The lowest BCUT2D eigenvalue weighted by Gasteiger charge is -2.05. The van der Waals surface area contributed by atoms with Crippen LogP contribution < -0.4 is 10.1 Å². The van der Waals surface area contributed by atoms with Crippen LogP contribution in [-0.2, 0) is 6.54 Å². The smallest absolute Gasteiger partial charge is 0.119 e. The van der Waals surface area contributed by atoms with Crippen molar-refractivity contribution in [1.82, 2.24) is 0 Å². The Kier molecular flexibility index (Phi) is 4.07. The van der Waals surface area contributed by atoms with Crippen LogP contribution in [0.3, 0.4) is 0 Å². The molecule has 2 rings (SSSR count). The van der Waals surface area contributed by atoms with E-state index < -0.39 is 0 Å². The molecule has 0 spiro atoms. The highest BCUT2D eigenvalue weighted by atomic mass is 79.9. The third-order valence-electron chi connectivity index (χ3n) is 2.46. The van der Waals surface area contributed by atoms with Gasteiger partial charge in [0.1, 0.15) is 5.75 Å². The maximum atomic E-state index is 5.12. The number of nitrogens with one attached hydrogen (secondary N) is 1. The Morgan fingerprint density at radius 3 is 2.53 bits per heavy atom. The van der Waals surface area contributed by atoms with Crippen molar-refractivity contribution in [3.05, 3.63) is 44.6 Å². The quantitative estimate of drug-likeness (QED) is 0.901. The summed E-state index contributed by atoms with van der Waals surface area (Å²) in [5.41, 5.74) is 1.10. The van der Waals surface area contributed by atoms with Crippen LogP contribution in [-0.4, -0.2) is 7.11 Å². The van der Waals surface area contributed by atoms with E-state index in [1.165, 1.54) is 14.2 Å². The molecule has 4 heteroatoms. The van der Waals surface area contributed by atoms with Gasteiger partial charge in [-0.15, -0.1) is 11.3 Å². The normalized spacial score (nSPS) is 10.3. The van der Waals surface area contributed by atoms with E-state index in [1.807, 2.05) is 35.6 Å². The highest BCUT2D eigenvalue weighted by Gasteiger charge is 2.02. The minimum Gasteiger partial charge on any atom is -0.497 e. The molecule has 0 amide bonds. The van der Waals surface area contributed by atoms with Gasteiger partial charge in [-0.2, -0.15) is 0 Å². The van der Waals surface area contributed by atoms with Crippen LogP contribution in [0.2, 0.25) is 0 Å². The van der Waals surface area contributed by atoms with Crippen LogP contribution in [0.4, 0.5) is 5.69 Å². The minimum absolute atomic E-state index is 0.851. The number of anilines is 1. The van der Waals surface area contributed by atoms with E-state index in [1.54, 1.807) is 7.11 Å². The van der Waals surface area contributed by atoms with E-state index in [4.69, 9.17) is 4.74 Å². The van der Waals surface area contributed by atoms with Gasteiger partial charge in [-0.25, -0.2) is 0 Å². The largest absolute Gasteiger partial charge is 0.497 e. The summed E-state index contributed by atoms with van der Waals surface area (Å²) in [4.78, 5) is 2.64. The van der Waals surface area contributed by atoms with Crippen LogP contribution in [0.25, 0.3) is 0 Å². The molecular formula is C13H14BrNOS. The van der Waals surface area contributed by atoms with Gasteiger partial charge in [0, 0.05) is 26.5 Å². The summed E-state index contributed by atoms with van der Waals surface area (Å²) in [7, 11) is 1.67. The summed E-state index contributed by atoms with van der Waals surface area (Å²) < 4.78 is 6.31. The number of aryl methyl sites for hydroxylation is 1. The van der Waals surface area contributed by atoms with Gasteiger partial charge in [-0.05, 0) is 53.2 Å². The maximum Gasteiger partial charge on any atom is 0.119 e. The molecule has 17 heavy (non-hydrogen) atoms. The second-order valence-electron chi connectivity index (χ2n) is 3.70. The average Bonchev–Trinajstić information content (AvgIpc) is 2.67. The lowest BCUT2D eigenvalue weighted by molar-refractivity contribution is 0.415. The number of halogens is 1. The molecule has 1 N–H and O–H groups in total. The van der Waals surface area contributed by atoms with Crippen LogP contribution >= 0.6 is 27.3 Å². The van der Waals surface area contributed by atoms with E-state index >= 15 is 0 Å². The van der Waals surface area contributed by atoms with Crippen molar-refractivity contribution in [1.29, 1.82) is 0 Å². The van der Waals surface area contributed by atoms with Gasteiger partial charge in [-0.1, -0.05) is 0 Å². The minimum atomic E-state index is 0.851. The standard InChI is InChI=1S/C13H14BrNOS/c1-9-13(14)7-12(17-9)8-15-10-3-5-11(16-2)6-4-10/h3-7,15H,8H2,1-2H3. The number of hydrogen-bond acceptors (Lipinski definition) is 3. The Morgan fingerprint density at radius 2 is 2.00 bits per heavy atom. The van der Waals surface area contributed by atoms with Gasteiger partial charge in [-0.3, -0.25) is 0 Å². The summed E-state index contributed by atoms with van der Waals surface area (Å²) in [5, 5.41) is 3.39. The number of ether oxygens (including phenoxy) is 1. The predicted molar refractivity (Wildman–Crippen MR) is 77.1 cm³/mol. The van der Waals surface area contributed by atoms with Crippen LogP contribution in [0.15, 0.2) is 34.8 Å². The van der Waals surface area contributed by atoms with E-state index in [-0.39, 0.29) is 0 Å². The van der Waals surface area contributed by atoms with Crippen molar-refractivity contribution < 1.29 is 4.74 Å². The van der Waals surface area contributed by atoms with Crippen LogP contribution in [0, 0.1) is 6.92 Å². The first-order valence-corrected chi connectivity index (χ1v) is 6.92. The molecule has 90 valence electrons. The van der Waals surface area contributed by atoms with Crippen molar-refractivity contribution >= 4 is 33.0 Å². The van der Waals surface area contributed by atoms with Crippen molar-refractivity contribution in [3.8, 4) is 5.75 Å². The lowest BCUT2D eigenvalue weighted by atomic mass is 10.3. The summed E-state index contributed by atoms with van der Waals surface area (Å²) in [5.74, 6) is 0.880. The highest BCUT2D eigenvalue weighted by molar-refractivity contribution is 9.10. The first-order chi connectivity index (χ1) is 8.19. The van der Waals surface area contributed by atoms with E-state index in [9.17, 15) is 0 Å². The number of rotatable bonds is 4. The molecule has 0 unspecified atom stereocenters. The van der Waals surface area contributed by atoms with Gasteiger partial charge < -0.3 is 10.1 Å². The SMILES string of the molecule is COc1ccc(NCc2cc(Br)c(C)s2)cc1. The van der Waals surface area contributed by atoms with Gasteiger partial charge in [0.05, 0.1) is 7.11 Å². The summed E-state index contributed by atoms with van der Waals surface area (Å²) >= 11 is 5.33. The second kappa shape index (κ2) is 5.56. The number of hydrogen-bond donors (Lipinski definition) is 1. The van der Waals surface area contributed by atoms with Crippen LogP contribution in [0.1, 0.15) is 9.75 Å². The van der Waals surface area contributed by atoms with Gasteiger partial charge in [0.15, 0.2) is 0 Å². The fourth-order valence-electron chi connectivity index (χ4n) is 1.50. The molecule has 1 heterocycles. The molecule has 1 aromatic carbocycles. The number of methoxy groups -OCH3 is 1. The Morgan fingerprint density at radius 1 is 1.29 bits per heavy atom. The second-order valence-corrected chi connectivity index (χ2v) is 5.89. The van der Waals surface area contributed by atoms with E-state index in [2.05, 4.69) is 34.2 Å². The fourth-order valence-corrected chi connectivity index (χ4v) is 3.04. The van der Waals surface area contributed by atoms with Gasteiger partial charge in [0.2, 0.25) is 0 Å². The fraction of sp³-hybridized carbons (Fsp3) is 0.231. The molecule has 0 saturated carbocycles. The summed E-state index contributed by atoms with van der Waals surface area (Å²) in [6.07, 6.45) is 0. The zero-order valence-corrected chi connectivity index (χ0v) is 12.2. The van der Waals surface area contributed by atoms with Gasteiger partial charge in [0.25, 0.3) is 0 Å². The number of benzene rings is 1. The average molecular weight is 312 g/mol. The molecule has 0 atom stereocenters. The summed E-state index contributed by atoms with van der Waals surface area (Å²) in [6, 6.07) is 10.1.